The largest absolute Gasteiger partial charge is 0.351 e. The van der Waals surface area contributed by atoms with Crippen molar-refractivity contribution in [2.45, 2.75) is 6.92 Å². The minimum atomic E-state index is -3.67. The van der Waals surface area contributed by atoms with Gasteiger partial charge in [0.25, 0.3) is 5.91 Å². The zero-order valence-corrected chi connectivity index (χ0v) is 10.7. The molecule has 0 atom stereocenters. The van der Waals surface area contributed by atoms with Crippen LogP contribution in [-0.4, -0.2) is 32.5 Å². The van der Waals surface area contributed by atoms with Crippen molar-refractivity contribution in [3.8, 4) is 0 Å². The maximum Gasteiger partial charge on any atom is 0.251 e. The Labute approximate surface area is 105 Å². The summed E-state index contributed by atoms with van der Waals surface area (Å²) >= 11 is 0. The summed E-state index contributed by atoms with van der Waals surface area (Å²) in [5, 5.41) is 2.46. The highest BCUT2D eigenvalue weighted by atomic mass is 32.2. The Morgan fingerprint density at radius 3 is 2.33 bits per heavy atom. The maximum absolute atomic E-state index is 11.6. The van der Waals surface area contributed by atoms with E-state index in [-0.39, 0.29) is 18.2 Å². The molecule has 0 aromatic heterocycles. The van der Waals surface area contributed by atoms with Crippen LogP contribution in [0.2, 0.25) is 0 Å². The minimum Gasteiger partial charge on any atom is -0.351 e. The highest BCUT2D eigenvalue weighted by molar-refractivity contribution is 7.90. The number of hydrogen-bond donors (Lipinski definition) is 2. The molecule has 18 heavy (non-hydrogen) atoms. The molecule has 0 bridgehead atoms. The molecule has 0 saturated heterocycles. The van der Waals surface area contributed by atoms with Crippen LogP contribution in [0, 0.1) is 0 Å². The van der Waals surface area contributed by atoms with Gasteiger partial charge in [-0.05, 0) is 12.1 Å². The molecule has 2 amide bonds. The van der Waals surface area contributed by atoms with E-state index in [9.17, 15) is 18.0 Å². The summed E-state index contributed by atoms with van der Waals surface area (Å²) in [5.41, 5.74) is 0.453. The highest BCUT2D eigenvalue weighted by Crippen LogP contribution is 1.97. The monoisotopic (exact) mass is 270 g/mol. The number of sulfonamides is 1. The Hall–Kier alpha value is -1.89. The van der Waals surface area contributed by atoms with Crippen molar-refractivity contribution < 1.29 is 18.0 Å². The molecule has 0 spiro atoms. The van der Waals surface area contributed by atoms with Crippen LogP contribution >= 0.6 is 0 Å². The molecule has 1 rings (SSSR count). The number of nitrogens with one attached hydrogen (secondary N) is 2. The van der Waals surface area contributed by atoms with Crippen molar-refractivity contribution in [3.05, 3.63) is 35.9 Å². The van der Waals surface area contributed by atoms with Gasteiger partial charge in [0.05, 0.1) is 5.75 Å². The molecule has 0 heterocycles. The van der Waals surface area contributed by atoms with Crippen LogP contribution in [-0.2, 0) is 14.8 Å². The summed E-state index contributed by atoms with van der Waals surface area (Å²) in [7, 11) is -3.67. The van der Waals surface area contributed by atoms with E-state index in [0.717, 1.165) is 6.92 Å². The van der Waals surface area contributed by atoms with Crippen molar-refractivity contribution in [2.24, 2.45) is 0 Å². The third-order valence-corrected chi connectivity index (χ3v) is 3.33. The number of benzene rings is 1. The molecule has 1 aromatic carbocycles. The molecule has 0 aliphatic heterocycles. The van der Waals surface area contributed by atoms with Gasteiger partial charge in [-0.3, -0.25) is 14.3 Å². The van der Waals surface area contributed by atoms with Gasteiger partial charge < -0.3 is 5.32 Å². The first-order chi connectivity index (χ1) is 8.41. The van der Waals surface area contributed by atoms with E-state index in [1.807, 2.05) is 4.72 Å². The number of carbonyl (C=O) groups excluding carboxylic acids is 2. The predicted molar refractivity (Wildman–Crippen MR) is 66.4 cm³/mol. The Morgan fingerprint density at radius 1 is 1.17 bits per heavy atom. The number of carbonyl (C=O) groups is 2. The summed E-state index contributed by atoms with van der Waals surface area (Å²) in [6.45, 7) is 1.05. The summed E-state index contributed by atoms with van der Waals surface area (Å²) in [4.78, 5) is 22.2. The summed E-state index contributed by atoms with van der Waals surface area (Å²) < 4.78 is 24.4. The van der Waals surface area contributed by atoms with Crippen molar-refractivity contribution >= 4 is 21.8 Å². The van der Waals surface area contributed by atoms with Crippen molar-refractivity contribution in [3.63, 3.8) is 0 Å². The second-order valence-electron chi connectivity index (χ2n) is 3.60. The third-order valence-electron chi connectivity index (χ3n) is 1.99. The summed E-state index contributed by atoms with van der Waals surface area (Å²) in [6.07, 6.45) is 0. The average Bonchev–Trinajstić information content (AvgIpc) is 2.28. The van der Waals surface area contributed by atoms with E-state index in [2.05, 4.69) is 5.32 Å². The molecule has 7 heteroatoms. The quantitative estimate of drug-likeness (QED) is 0.780. The van der Waals surface area contributed by atoms with Crippen LogP contribution in [0.3, 0.4) is 0 Å². The molecule has 98 valence electrons. The SMILES string of the molecule is CC(=O)NS(=O)(=O)CCNC(=O)c1ccccc1. The molecule has 0 fully saturated rings. The second kappa shape index (κ2) is 6.15. The lowest BCUT2D eigenvalue weighted by Gasteiger charge is -2.06. The topological polar surface area (TPSA) is 92.3 Å². The van der Waals surface area contributed by atoms with E-state index in [4.69, 9.17) is 0 Å². The van der Waals surface area contributed by atoms with Crippen LogP contribution in [0.5, 0.6) is 0 Å². The minimum absolute atomic E-state index is 0.0592. The molecule has 0 unspecified atom stereocenters. The second-order valence-corrected chi connectivity index (χ2v) is 5.44. The van der Waals surface area contributed by atoms with Crippen molar-refractivity contribution in [2.75, 3.05) is 12.3 Å². The molecular formula is C11H14N2O4S. The Balaban J connectivity index is 2.43. The van der Waals surface area contributed by atoms with Gasteiger partial charge in [-0.2, -0.15) is 0 Å². The van der Waals surface area contributed by atoms with Crippen LogP contribution in [0.15, 0.2) is 30.3 Å². The molecule has 1 aromatic rings. The molecule has 0 radical (unpaired) electrons. The van der Waals surface area contributed by atoms with Crippen molar-refractivity contribution in [1.29, 1.82) is 0 Å². The van der Waals surface area contributed by atoms with E-state index in [0.29, 0.717) is 5.56 Å². The third kappa shape index (κ3) is 4.96. The fraction of sp³-hybridized carbons (Fsp3) is 0.273. The average molecular weight is 270 g/mol. The van der Waals surface area contributed by atoms with Gasteiger partial charge in [0.15, 0.2) is 0 Å². The maximum atomic E-state index is 11.6. The lowest BCUT2D eigenvalue weighted by molar-refractivity contribution is -0.117. The smallest absolute Gasteiger partial charge is 0.251 e. The van der Waals surface area contributed by atoms with Crippen molar-refractivity contribution in [1.82, 2.24) is 10.0 Å². The summed E-state index contributed by atoms with van der Waals surface area (Å²) in [5.74, 6) is -1.34. The number of amides is 2. The zero-order chi connectivity index (χ0) is 13.6. The lowest BCUT2D eigenvalue weighted by atomic mass is 10.2. The van der Waals surface area contributed by atoms with E-state index in [1.54, 1.807) is 30.3 Å². The molecule has 0 aliphatic rings. The first-order valence-electron chi connectivity index (χ1n) is 5.25. The van der Waals surface area contributed by atoms with E-state index >= 15 is 0 Å². The fourth-order valence-corrected chi connectivity index (χ4v) is 2.17. The number of rotatable bonds is 5. The molecule has 6 nitrogen and oxygen atoms in total. The number of hydrogen-bond acceptors (Lipinski definition) is 4. The van der Waals surface area contributed by atoms with Gasteiger partial charge >= 0.3 is 0 Å². The molecular weight excluding hydrogens is 256 g/mol. The molecule has 0 aliphatic carbocycles. The van der Waals surface area contributed by atoms with Crippen LogP contribution < -0.4 is 10.0 Å². The fourth-order valence-electron chi connectivity index (χ4n) is 1.26. The normalized spacial score (nSPS) is 10.7. The summed E-state index contributed by atoms with van der Waals surface area (Å²) in [6, 6.07) is 8.44. The van der Waals surface area contributed by atoms with Crippen LogP contribution in [0.1, 0.15) is 17.3 Å². The molecule has 0 saturated carbocycles. The van der Waals surface area contributed by atoms with Gasteiger partial charge in [0.2, 0.25) is 15.9 Å². The standard InChI is InChI=1S/C11H14N2O4S/c1-9(14)13-18(16,17)8-7-12-11(15)10-5-3-2-4-6-10/h2-6H,7-8H2,1H3,(H,12,15)(H,13,14). The van der Waals surface area contributed by atoms with Crippen LogP contribution in [0.4, 0.5) is 0 Å². The Kier molecular flexibility index (Phi) is 4.85. The Bertz CT molecular complexity index is 525. The van der Waals surface area contributed by atoms with Gasteiger partial charge in [0, 0.05) is 19.0 Å². The first kappa shape index (κ1) is 14.2. The van der Waals surface area contributed by atoms with Gasteiger partial charge in [-0.1, -0.05) is 18.2 Å². The predicted octanol–water partition coefficient (Wildman–Crippen LogP) is -0.118. The van der Waals surface area contributed by atoms with E-state index in [1.165, 1.54) is 0 Å². The first-order valence-corrected chi connectivity index (χ1v) is 6.90. The van der Waals surface area contributed by atoms with Gasteiger partial charge in [-0.25, -0.2) is 8.42 Å². The zero-order valence-electron chi connectivity index (χ0n) is 9.84. The van der Waals surface area contributed by atoms with Gasteiger partial charge in [-0.15, -0.1) is 0 Å². The van der Waals surface area contributed by atoms with Gasteiger partial charge in [0.1, 0.15) is 0 Å². The molecule has 2 N–H and O–H groups in total. The van der Waals surface area contributed by atoms with E-state index < -0.39 is 15.9 Å². The lowest BCUT2D eigenvalue weighted by Crippen LogP contribution is -2.36. The Morgan fingerprint density at radius 2 is 1.78 bits per heavy atom. The highest BCUT2D eigenvalue weighted by Gasteiger charge is 2.12. The van der Waals surface area contributed by atoms with Crippen LogP contribution in [0.25, 0.3) is 0 Å².